The number of hydrogen-bond acceptors (Lipinski definition) is 4. The van der Waals surface area contributed by atoms with Crippen molar-refractivity contribution in [2.75, 3.05) is 0 Å². The summed E-state index contributed by atoms with van der Waals surface area (Å²) in [5.41, 5.74) is -4.49. The maximum Gasteiger partial charge on any atom is 0.446 e. The van der Waals surface area contributed by atoms with Crippen LogP contribution >= 0.6 is 11.8 Å². The van der Waals surface area contributed by atoms with Gasteiger partial charge in [0.2, 0.25) is 5.88 Å². The third-order valence-corrected chi connectivity index (χ3v) is 2.83. The molecule has 0 unspecified atom stereocenters. The molecule has 1 heterocycles. The summed E-state index contributed by atoms with van der Waals surface area (Å²) < 4.78 is 36.4. The van der Waals surface area contributed by atoms with Gasteiger partial charge < -0.3 is 10.1 Å². The van der Waals surface area contributed by atoms with Crippen LogP contribution in [0.15, 0.2) is 40.0 Å². The molecule has 0 aliphatic rings. The van der Waals surface area contributed by atoms with Crippen LogP contribution in [0.1, 0.15) is 0 Å². The van der Waals surface area contributed by atoms with Gasteiger partial charge in [-0.25, -0.2) is 0 Å². The largest absolute Gasteiger partial charge is 0.493 e. The van der Waals surface area contributed by atoms with Crippen molar-refractivity contribution in [3.05, 3.63) is 40.7 Å². The Morgan fingerprint density at radius 1 is 1.21 bits per heavy atom. The van der Waals surface area contributed by atoms with E-state index in [-0.39, 0.29) is 22.5 Å². The number of H-pyrrole nitrogens is 1. The van der Waals surface area contributed by atoms with Crippen LogP contribution in [0.2, 0.25) is 0 Å². The van der Waals surface area contributed by atoms with Crippen LogP contribution in [-0.2, 0) is 0 Å². The van der Waals surface area contributed by atoms with Crippen LogP contribution in [-0.4, -0.2) is 20.6 Å². The Labute approximate surface area is 109 Å². The highest BCUT2D eigenvalue weighted by Crippen LogP contribution is 2.37. The van der Waals surface area contributed by atoms with E-state index in [4.69, 9.17) is 0 Å². The normalized spacial score (nSPS) is 11.5. The van der Waals surface area contributed by atoms with E-state index in [0.717, 1.165) is 6.07 Å². The summed E-state index contributed by atoms with van der Waals surface area (Å²) in [6, 6.07) is 6.18. The zero-order valence-corrected chi connectivity index (χ0v) is 10.0. The highest BCUT2D eigenvalue weighted by Gasteiger charge is 2.29. The lowest BCUT2D eigenvalue weighted by atomic mass is 10.2. The molecule has 1 aromatic heterocycles. The quantitative estimate of drug-likeness (QED) is 0.834. The number of aromatic hydroxyl groups is 1. The molecule has 0 amide bonds. The number of halogens is 3. The predicted molar refractivity (Wildman–Crippen MR) is 63.9 cm³/mol. The molecule has 8 heteroatoms. The first kappa shape index (κ1) is 13.5. The third kappa shape index (κ3) is 3.75. The van der Waals surface area contributed by atoms with E-state index in [1.54, 1.807) is 0 Å². The van der Waals surface area contributed by atoms with Crippen molar-refractivity contribution < 1.29 is 18.3 Å². The molecular weight excluding hydrogens is 281 g/mol. The molecule has 1 aromatic carbocycles. The number of aromatic amines is 1. The molecule has 0 bridgehead atoms. The van der Waals surface area contributed by atoms with Crippen LogP contribution in [0.4, 0.5) is 13.2 Å². The molecule has 0 aliphatic heterocycles. The molecule has 2 rings (SSSR count). The van der Waals surface area contributed by atoms with Crippen LogP contribution in [0, 0.1) is 0 Å². The fourth-order valence-corrected chi connectivity index (χ4v) is 1.94. The molecule has 2 N–H and O–H groups in total. The summed E-state index contributed by atoms with van der Waals surface area (Å²) in [4.78, 5) is 17.2. The van der Waals surface area contributed by atoms with Gasteiger partial charge in [-0.1, -0.05) is 12.1 Å². The third-order valence-electron chi connectivity index (χ3n) is 2.09. The number of thioether (sulfide) groups is 1. The Kier molecular flexibility index (Phi) is 3.52. The summed E-state index contributed by atoms with van der Waals surface area (Å²) in [6.45, 7) is 0. The van der Waals surface area contributed by atoms with Crippen molar-refractivity contribution in [2.24, 2.45) is 0 Å². The van der Waals surface area contributed by atoms with Crippen molar-refractivity contribution in [2.45, 2.75) is 10.4 Å². The number of benzene rings is 1. The number of aromatic nitrogens is 2. The maximum absolute atomic E-state index is 12.1. The Bertz CT molecular complexity index is 638. The van der Waals surface area contributed by atoms with E-state index in [9.17, 15) is 23.1 Å². The van der Waals surface area contributed by atoms with E-state index in [0.29, 0.717) is 5.56 Å². The van der Waals surface area contributed by atoms with Crippen molar-refractivity contribution in [1.82, 2.24) is 9.97 Å². The zero-order chi connectivity index (χ0) is 14.0. The predicted octanol–water partition coefficient (Wildman–Crippen LogP) is 2.75. The van der Waals surface area contributed by atoms with Crippen molar-refractivity contribution >= 4 is 11.8 Å². The molecule has 0 atom stereocenters. The second kappa shape index (κ2) is 4.96. The first-order valence-corrected chi connectivity index (χ1v) is 5.82. The van der Waals surface area contributed by atoms with Gasteiger partial charge in [-0.3, -0.25) is 4.79 Å². The molecule has 0 radical (unpaired) electrons. The van der Waals surface area contributed by atoms with Gasteiger partial charge in [-0.15, -0.1) is 0 Å². The van der Waals surface area contributed by atoms with E-state index in [2.05, 4.69) is 9.97 Å². The van der Waals surface area contributed by atoms with Gasteiger partial charge in [0.1, 0.15) is 5.82 Å². The van der Waals surface area contributed by atoms with Gasteiger partial charge in [-0.2, -0.15) is 18.2 Å². The summed E-state index contributed by atoms with van der Waals surface area (Å²) in [5.74, 6) is -0.360. The Morgan fingerprint density at radius 3 is 2.37 bits per heavy atom. The Hall–Kier alpha value is -1.96. The monoisotopic (exact) mass is 288 g/mol. The minimum atomic E-state index is -4.35. The molecule has 2 aromatic rings. The fraction of sp³-hybridized carbons (Fsp3) is 0.0909. The van der Waals surface area contributed by atoms with Gasteiger partial charge in [0, 0.05) is 10.5 Å². The van der Waals surface area contributed by atoms with Gasteiger partial charge >= 0.3 is 5.51 Å². The van der Waals surface area contributed by atoms with E-state index >= 15 is 0 Å². The molecular formula is C11H7F3N2O2S. The van der Waals surface area contributed by atoms with Crippen molar-refractivity contribution in [1.29, 1.82) is 0 Å². The van der Waals surface area contributed by atoms with Crippen molar-refractivity contribution in [3.63, 3.8) is 0 Å². The van der Waals surface area contributed by atoms with E-state index in [1.165, 1.54) is 24.3 Å². The van der Waals surface area contributed by atoms with Gasteiger partial charge in [0.05, 0.1) is 6.07 Å². The van der Waals surface area contributed by atoms with Crippen LogP contribution in [0.5, 0.6) is 5.88 Å². The minimum absolute atomic E-state index is 0.0266. The Morgan fingerprint density at radius 2 is 1.84 bits per heavy atom. The highest BCUT2D eigenvalue weighted by molar-refractivity contribution is 8.00. The Balaban J connectivity index is 2.30. The van der Waals surface area contributed by atoms with Crippen LogP contribution in [0.25, 0.3) is 11.4 Å². The molecule has 100 valence electrons. The first-order chi connectivity index (χ1) is 8.83. The lowest BCUT2D eigenvalue weighted by Gasteiger charge is -2.06. The van der Waals surface area contributed by atoms with Gasteiger partial charge in [0.15, 0.2) is 0 Å². The van der Waals surface area contributed by atoms with E-state index < -0.39 is 16.9 Å². The molecule has 0 saturated carbocycles. The molecule has 0 saturated heterocycles. The van der Waals surface area contributed by atoms with Crippen LogP contribution in [0.3, 0.4) is 0 Å². The highest BCUT2D eigenvalue weighted by atomic mass is 32.2. The number of hydrogen-bond donors (Lipinski definition) is 2. The molecule has 0 aliphatic carbocycles. The van der Waals surface area contributed by atoms with Gasteiger partial charge in [-0.05, 0) is 23.9 Å². The van der Waals surface area contributed by atoms with Gasteiger partial charge in [0.25, 0.3) is 5.56 Å². The standard InChI is InChI=1S/C11H7F3N2O2S/c12-11(13,14)19-7-3-1-6(2-4-7)10-15-8(17)5-9(18)16-10/h1-5H,(H2,15,16,17,18). The van der Waals surface area contributed by atoms with E-state index in [1.807, 2.05) is 0 Å². The topological polar surface area (TPSA) is 66.0 Å². The molecule has 0 fully saturated rings. The molecule has 4 nitrogen and oxygen atoms in total. The lowest BCUT2D eigenvalue weighted by molar-refractivity contribution is -0.0328. The first-order valence-electron chi connectivity index (χ1n) is 5.00. The number of nitrogens with zero attached hydrogens (tertiary/aromatic N) is 1. The summed E-state index contributed by atoms with van der Waals surface area (Å²) >= 11 is -0.231. The number of nitrogens with one attached hydrogen (secondary N) is 1. The number of rotatable bonds is 2. The lowest BCUT2D eigenvalue weighted by Crippen LogP contribution is -2.06. The zero-order valence-electron chi connectivity index (χ0n) is 9.23. The maximum atomic E-state index is 12.1. The summed E-state index contributed by atoms with van der Waals surface area (Å²) in [6.07, 6.45) is 0. The second-order valence-corrected chi connectivity index (χ2v) is 4.66. The minimum Gasteiger partial charge on any atom is -0.493 e. The SMILES string of the molecule is O=c1cc(O)nc(-c2ccc(SC(F)(F)F)cc2)[nH]1. The smallest absolute Gasteiger partial charge is 0.446 e. The second-order valence-electron chi connectivity index (χ2n) is 3.52. The average Bonchev–Trinajstić information content (AvgIpc) is 2.26. The van der Waals surface area contributed by atoms with Crippen LogP contribution < -0.4 is 5.56 Å². The number of alkyl halides is 3. The summed E-state index contributed by atoms with van der Waals surface area (Å²) in [5, 5.41) is 9.18. The fourth-order valence-electron chi connectivity index (χ4n) is 1.40. The summed E-state index contributed by atoms with van der Waals surface area (Å²) in [7, 11) is 0. The molecule has 19 heavy (non-hydrogen) atoms. The molecule has 0 spiro atoms. The average molecular weight is 288 g/mol. The van der Waals surface area contributed by atoms with Crippen molar-refractivity contribution in [3.8, 4) is 17.3 Å².